The fraction of sp³-hybridized carbons (Fsp3) is 0.833. The number of nitrogens with one attached hydrogen (secondary N) is 2. The van der Waals surface area contributed by atoms with Crippen molar-refractivity contribution in [2.24, 2.45) is 35.5 Å². The van der Waals surface area contributed by atoms with Gasteiger partial charge in [0.05, 0.1) is 5.76 Å². The fourth-order valence-electron chi connectivity index (χ4n) is 2.07. The van der Waals surface area contributed by atoms with Crippen molar-refractivity contribution < 1.29 is 19.5 Å². The maximum absolute atomic E-state index is 11.0. The number of hydrogen-bond donors (Lipinski definition) is 3. The van der Waals surface area contributed by atoms with Gasteiger partial charge in [0, 0.05) is 42.2 Å². The molecule has 0 aliphatic carbocycles. The predicted molar refractivity (Wildman–Crippen MR) is 156 cm³/mol. The predicted octanol–water partition coefficient (Wildman–Crippen LogP) is 7.33. The topological polar surface area (TPSA) is 95.5 Å². The second kappa shape index (κ2) is 23.5. The number of ketones is 1. The number of carbonyl (C=O) groups excluding carboxylic acids is 3. The average molecular weight is 515 g/mol. The summed E-state index contributed by atoms with van der Waals surface area (Å²) in [6.07, 6.45) is 2.61. The molecule has 36 heavy (non-hydrogen) atoms. The van der Waals surface area contributed by atoms with Gasteiger partial charge in [-0.15, -0.1) is 0 Å². The van der Waals surface area contributed by atoms with E-state index < -0.39 is 0 Å². The van der Waals surface area contributed by atoms with Crippen LogP contribution in [-0.4, -0.2) is 34.8 Å². The van der Waals surface area contributed by atoms with Crippen molar-refractivity contribution in [2.75, 3.05) is 0 Å². The maximum atomic E-state index is 11.0. The molecule has 0 aromatic heterocycles. The molecule has 0 bridgehead atoms. The number of allylic oxidation sites excluding steroid dienone is 2. The van der Waals surface area contributed by atoms with E-state index in [9.17, 15) is 14.4 Å². The molecule has 0 saturated heterocycles. The van der Waals surface area contributed by atoms with E-state index >= 15 is 0 Å². The Kier molecular flexibility index (Phi) is 27.0. The number of carbonyl (C=O) groups is 3. The minimum Gasteiger partial charge on any atom is -0.512 e. The van der Waals surface area contributed by atoms with E-state index in [4.69, 9.17) is 5.11 Å². The standard InChI is InChI=1S/2C8H16O.2C7H15NO/c2*1-6(2)5-8(9)7(3)4;2*1-5(2)7(9)8-6(3)4/h6-7H,5H2,1-4H3;5-7,9H,1-4H3;2*5-6H,1-4H3,(H,8,9)/b;8-5-;;. The van der Waals surface area contributed by atoms with Gasteiger partial charge in [-0.1, -0.05) is 83.1 Å². The Morgan fingerprint density at radius 2 is 0.917 bits per heavy atom. The van der Waals surface area contributed by atoms with Crippen LogP contribution in [0.5, 0.6) is 0 Å². The molecule has 6 nitrogen and oxygen atoms in total. The number of aliphatic hydroxyl groups excluding tert-OH is 1. The molecule has 0 heterocycles. The third-order valence-electron chi connectivity index (χ3n) is 4.26. The lowest BCUT2D eigenvalue weighted by Gasteiger charge is -2.09. The monoisotopic (exact) mass is 514 g/mol. The summed E-state index contributed by atoms with van der Waals surface area (Å²) in [5.74, 6) is 2.80. The van der Waals surface area contributed by atoms with Crippen molar-refractivity contribution in [3.05, 3.63) is 11.8 Å². The van der Waals surface area contributed by atoms with Gasteiger partial charge >= 0.3 is 0 Å². The van der Waals surface area contributed by atoms with Gasteiger partial charge < -0.3 is 15.7 Å². The van der Waals surface area contributed by atoms with Crippen LogP contribution in [0.3, 0.4) is 0 Å². The van der Waals surface area contributed by atoms with E-state index in [2.05, 4.69) is 38.3 Å². The Morgan fingerprint density at radius 3 is 1.00 bits per heavy atom. The summed E-state index contributed by atoms with van der Waals surface area (Å²) in [4.78, 5) is 32.6. The molecule has 0 radical (unpaired) electrons. The summed E-state index contributed by atoms with van der Waals surface area (Å²) in [7, 11) is 0. The van der Waals surface area contributed by atoms with Crippen LogP contribution in [0.15, 0.2) is 11.8 Å². The fourth-order valence-corrected chi connectivity index (χ4v) is 2.07. The molecule has 0 aliphatic rings. The summed E-state index contributed by atoms with van der Waals surface area (Å²) in [5, 5.41) is 14.8. The van der Waals surface area contributed by atoms with Crippen LogP contribution >= 0.6 is 0 Å². The summed E-state index contributed by atoms with van der Waals surface area (Å²) in [6.45, 7) is 31.5. The van der Waals surface area contributed by atoms with E-state index in [1.54, 1.807) is 0 Å². The van der Waals surface area contributed by atoms with Crippen molar-refractivity contribution in [2.45, 2.75) is 129 Å². The lowest BCUT2D eigenvalue weighted by Crippen LogP contribution is -2.33. The number of amides is 2. The Balaban J connectivity index is -0.000000190. The van der Waals surface area contributed by atoms with Crippen LogP contribution in [0.1, 0.15) is 117 Å². The van der Waals surface area contributed by atoms with Crippen LogP contribution in [0, 0.1) is 35.5 Å². The molecular weight excluding hydrogens is 452 g/mol. The first kappa shape index (κ1) is 41.3. The zero-order valence-corrected chi connectivity index (χ0v) is 26.6. The van der Waals surface area contributed by atoms with Gasteiger partial charge in [0.25, 0.3) is 0 Å². The molecule has 3 N–H and O–H groups in total. The van der Waals surface area contributed by atoms with Crippen LogP contribution in [0.25, 0.3) is 0 Å². The zero-order chi connectivity index (χ0) is 29.8. The van der Waals surface area contributed by atoms with Crippen molar-refractivity contribution in [1.82, 2.24) is 10.6 Å². The van der Waals surface area contributed by atoms with Gasteiger partial charge in [0.1, 0.15) is 5.78 Å². The summed E-state index contributed by atoms with van der Waals surface area (Å²) in [5.41, 5.74) is 0. The van der Waals surface area contributed by atoms with E-state index in [-0.39, 0.29) is 47.6 Å². The smallest absolute Gasteiger partial charge is 0.222 e. The van der Waals surface area contributed by atoms with Crippen LogP contribution < -0.4 is 10.6 Å². The summed E-state index contributed by atoms with van der Waals surface area (Å²) >= 11 is 0. The Bertz CT molecular complexity index is 540. The molecule has 0 saturated carbocycles. The number of aliphatic hydroxyl groups is 1. The Morgan fingerprint density at radius 1 is 0.583 bits per heavy atom. The molecule has 0 spiro atoms. The van der Waals surface area contributed by atoms with E-state index in [1.807, 2.05) is 89.2 Å². The average Bonchev–Trinajstić information content (AvgIpc) is 2.67. The second-order valence-electron chi connectivity index (χ2n) is 11.8. The van der Waals surface area contributed by atoms with Gasteiger partial charge in [-0.25, -0.2) is 0 Å². The lowest BCUT2D eigenvalue weighted by molar-refractivity contribution is -0.125. The van der Waals surface area contributed by atoms with E-state index in [1.165, 1.54) is 0 Å². The van der Waals surface area contributed by atoms with E-state index in [0.717, 1.165) is 6.42 Å². The number of rotatable bonds is 9. The highest BCUT2D eigenvalue weighted by atomic mass is 16.3. The van der Waals surface area contributed by atoms with Crippen molar-refractivity contribution in [1.29, 1.82) is 0 Å². The van der Waals surface area contributed by atoms with Gasteiger partial charge in [0.15, 0.2) is 0 Å². The van der Waals surface area contributed by atoms with Gasteiger partial charge in [0.2, 0.25) is 11.8 Å². The first-order valence-electron chi connectivity index (χ1n) is 13.7. The Hall–Kier alpha value is -1.85. The Labute approximate surface area is 224 Å². The van der Waals surface area contributed by atoms with E-state index in [0.29, 0.717) is 23.4 Å². The molecule has 0 unspecified atom stereocenters. The van der Waals surface area contributed by atoms with Gasteiger partial charge in [-0.2, -0.15) is 0 Å². The number of hydrogen-bond acceptors (Lipinski definition) is 4. The van der Waals surface area contributed by atoms with Crippen molar-refractivity contribution in [3.63, 3.8) is 0 Å². The quantitative estimate of drug-likeness (QED) is 0.281. The first-order chi connectivity index (χ1) is 16.1. The number of Topliss-reactive ketones (excluding diaryl/α,β-unsaturated/α-hetero) is 1. The van der Waals surface area contributed by atoms with Gasteiger partial charge in [-0.05, 0) is 45.6 Å². The molecule has 216 valence electrons. The molecule has 0 aromatic carbocycles. The third kappa shape index (κ3) is 34.3. The molecule has 0 rings (SSSR count). The first-order valence-corrected chi connectivity index (χ1v) is 13.7. The highest BCUT2D eigenvalue weighted by Gasteiger charge is 2.08. The van der Waals surface area contributed by atoms with Crippen LogP contribution in [0.4, 0.5) is 0 Å². The second-order valence-corrected chi connectivity index (χ2v) is 11.8. The minimum absolute atomic E-state index is 0.104. The van der Waals surface area contributed by atoms with Crippen LogP contribution in [-0.2, 0) is 14.4 Å². The largest absolute Gasteiger partial charge is 0.512 e. The SMILES string of the molecule is CC(C)/C=C(\O)C(C)C.CC(C)CC(=O)C(C)C.CC(C)NC(=O)C(C)C.CC(C)NC(=O)C(C)C. The molecule has 0 aromatic rings. The molecule has 0 fully saturated rings. The van der Waals surface area contributed by atoms with Crippen LogP contribution in [0.2, 0.25) is 0 Å². The summed E-state index contributed by atoms with van der Waals surface area (Å²) < 4.78 is 0. The van der Waals surface area contributed by atoms with Crippen molar-refractivity contribution in [3.8, 4) is 0 Å². The normalized spacial score (nSPS) is 11.3. The highest BCUT2D eigenvalue weighted by Crippen LogP contribution is 2.08. The summed E-state index contributed by atoms with van der Waals surface area (Å²) in [6, 6.07) is 0.528. The minimum atomic E-state index is 0.104. The molecule has 0 aliphatic heterocycles. The molecular formula is C30H62N2O4. The zero-order valence-electron chi connectivity index (χ0n) is 26.6. The lowest BCUT2D eigenvalue weighted by atomic mass is 9.99. The van der Waals surface area contributed by atoms with Gasteiger partial charge in [-0.3, -0.25) is 14.4 Å². The third-order valence-corrected chi connectivity index (χ3v) is 4.26. The molecule has 6 heteroatoms. The molecule has 2 amide bonds. The maximum Gasteiger partial charge on any atom is 0.222 e. The highest BCUT2D eigenvalue weighted by molar-refractivity contribution is 5.80. The molecule has 0 atom stereocenters. The van der Waals surface area contributed by atoms with Crippen molar-refractivity contribution >= 4 is 17.6 Å².